The van der Waals surface area contributed by atoms with Crippen molar-refractivity contribution < 1.29 is 19.4 Å². The van der Waals surface area contributed by atoms with Crippen LogP contribution in [0.4, 0.5) is 0 Å². The fraction of sp³-hybridized carbons (Fsp3) is 0.600. The summed E-state index contributed by atoms with van der Waals surface area (Å²) < 4.78 is 5.77. The topological polar surface area (TPSA) is 78.9 Å². The summed E-state index contributed by atoms with van der Waals surface area (Å²) in [6.07, 6.45) is 5.89. The number of carbonyl (C=O) groups excluding carboxylic acids is 1. The molecule has 1 aliphatic heterocycles. The number of hydrogen-bond acceptors (Lipinski definition) is 4. The molecule has 1 saturated heterocycles. The van der Waals surface area contributed by atoms with Gasteiger partial charge in [-0.25, -0.2) is 0 Å². The Kier molecular flexibility index (Phi) is 8.41. The van der Waals surface area contributed by atoms with Crippen LogP contribution in [-0.2, 0) is 16.1 Å². The van der Waals surface area contributed by atoms with Gasteiger partial charge in [0.25, 0.3) is 0 Å². The lowest BCUT2D eigenvalue weighted by molar-refractivity contribution is -0.143. The van der Waals surface area contributed by atoms with Gasteiger partial charge in [0.15, 0.2) is 0 Å². The van der Waals surface area contributed by atoms with Gasteiger partial charge in [0.2, 0.25) is 5.91 Å². The van der Waals surface area contributed by atoms with Crippen molar-refractivity contribution in [2.75, 3.05) is 19.7 Å². The first-order chi connectivity index (χ1) is 12.6. The second-order valence-corrected chi connectivity index (χ2v) is 6.78. The summed E-state index contributed by atoms with van der Waals surface area (Å²) >= 11 is 0. The Bertz CT molecular complexity index is 574. The minimum atomic E-state index is -0.959. The van der Waals surface area contributed by atoms with Crippen LogP contribution in [0.2, 0.25) is 0 Å². The Morgan fingerprint density at radius 1 is 1.23 bits per heavy atom. The Hall–Kier alpha value is -2.08. The Morgan fingerprint density at radius 3 is 2.65 bits per heavy atom. The molecule has 1 aromatic rings. The van der Waals surface area contributed by atoms with E-state index in [0.29, 0.717) is 19.6 Å². The van der Waals surface area contributed by atoms with E-state index in [4.69, 9.17) is 9.84 Å². The maximum atomic E-state index is 12.0. The molecule has 1 aromatic carbocycles. The van der Waals surface area contributed by atoms with Crippen LogP contribution in [0.5, 0.6) is 5.75 Å². The lowest BCUT2D eigenvalue weighted by atomic mass is 10.1. The van der Waals surface area contributed by atoms with Gasteiger partial charge >= 0.3 is 5.97 Å². The highest BCUT2D eigenvalue weighted by atomic mass is 16.5. The highest BCUT2D eigenvalue weighted by Crippen LogP contribution is 2.17. The molecule has 0 bridgehead atoms. The molecule has 1 fully saturated rings. The number of nitrogens with one attached hydrogen (secondary N) is 1. The van der Waals surface area contributed by atoms with Crippen molar-refractivity contribution in [3.63, 3.8) is 0 Å². The smallest absolute Gasteiger partial charge is 0.305 e. The van der Waals surface area contributed by atoms with E-state index in [1.165, 1.54) is 25.7 Å². The zero-order valence-electron chi connectivity index (χ0n) is 15.6. The molecule has 0 radical (unpaired) electrons. The zero-order valence-corrected chi connectivity index (χ0v) is 15.6. The largest absolute Gasteiger partial charge is 0.494 e. The molecule has 2 rings (SSSR count). The molecular formula is C20H30N2O4. The second-order valence-electron chi connectivity index (χ2n) is 6.78. The van der Waals surface area contributed by atoms with Gasteiger partial charge in [0.05, 0.1) is 13.0 Å². The molecule has 26 heavy (non-hydrogen) atoms. The number of ether oxygens (including phenoxy) is 1. The molecule has 144 valence electrons. The van der Waals surface area contributed by atoms with Gasteiger partial charge in [-0.3, -0.25) is 14.5 Å². The number of carbonyl (C=O) groups is 2. The number of hydrogen-bond donors (Lipinski definition) is 2. The molecule has 0 spiro atoms. The van der Waals surface area contributed by atoms with Crippen molar-refractivity contribution >= 4 is 11.9 Å². The molecule has 0 saturated carbocycles. The number of rotatable bonds is 11. The third-order valence-electron chi connectivity index (χ3n) is 4.64. The van der Waals surface area contributed by atoms with Crippen LogP contribution < -0.4 is 10.1 Å². The number of benzene rings is 1. The van der Waals surface area contributed by atoms with Gasteiger partial charge in [-0.05, 0) is 24.1 Å². The first-order valence-corrected chi connectivity index (χ1v) is 9.55. The monoisotopic (exact) mass is 362 g/mol. The highest BCUT2D eigenvalue weighted by molar-refractivity contribution is 5.86. The molecule has 1 unspecified atom stereocenters. The van der Waals surface area contributed by atoms with Crippen LogP contribution >= 0.6 is 0 Å². The SMILES string of the molecule is CCCCCCCOc1ccc(CN2CCNC(=O)C2CC(=O)O)cc1. The normalized spacial score (nSPS) is 17.7. The van der Waals surface area contributed by atoms with Crippen molar-refractivity contribution in [3.8, 4) is 5.75 Å². The minimum Gasteiger partial charge on any atom is -0.494 e. The number of unbranched alkanes of at least 4 members (excludes halogenated alkanes) is 4. The fourth-order valence-corrected chi connectivity index (χ4v) is 3.16. The van der Waals surface area contributed by atoms with Crippen molar-refractivity contribution in [2.24, 2.45) is 0 Å². The quantitative estimate of drug-likeness (QED) is 0.592. The molecule has 2 N–H and O–H groups in total. The zero-order chi connectivity index (χ0) is 18.8. The standard InChI is InChI=1S/C20H30N2O4/c1-2-3-4-5-6-13-26-17-9-7-16(8-10-17)15-22-12-11-21-20(25)18(22)14-19(23)24/h7-10,18H,2-6,11-15H2,1H3,(H,21,25)(H,23,24). The average molecular weight is 362 g/mol. The summed E-state index contributed by atoms with van der Waals surface area (Å²) in [5, 5.41) is 11.8. The van der Waals surface area contributed by atoms with Gasteiger partial charge in [0.1, 0.15) is 11.8 Å². The third kappa shape index (κ3) is 6.67. The molecule has 6 heteroatoms. The van der Waals surface area contributed by atoms with E-state index in [-0.39, 0.29) is 12.3 Å². The predicted molar refractivity (Wildman–Crippen MR) is 100 cm³/mol. The van der Waals surface area contributed by atoms with Crippen LogP contribution in [-0.4, -0.2) is 47.6 Å². The average Bonchev–Trinajstić information content (AvgIpc) is 2.62. The summed E-state index contributed by atoms with van der Waals surface area (Å²) in [5.41, 5.74) is 1.05. The minimum absolute atomic E-state index is 0.176. The van der Waals surface area contributed by atoms with Gasteiger partial charge < -0.3 is 15.2 Å². The van der Waals surface area contributed by atoms with E-state index >= 15 is 0 Å². The van der Waals surface area contributed by atoms with E-state index in [1.54, 1.807) is 0 Å². The van der Waals surface area contributed by atoms with Crippen molar-refractivity contribution in [3.05, 3.63) is 29.8 Å². The number of piperazine rings is 1. The van der Waals surface area contributed by atoms with Crippen LogP contribution in [0.15, 0.2) is 24.3 Å². The van der Waals surface area contributed by atoms with E-state index in [2.05, 4.69) is 12.2 Å². The van der Waals surface area contributed by atoms with Crippen molar-refractivity contribution in [2.45, 2.75) is 58.0 Å². The Balaban J connectivity index is 1.81. The van der Waals surface area contributed by atoms with Crippen LogP contribution in [0.1, 0.15) is 51.0 Å². The molecule has 0 aromatic heterocycles. The third-order valence-corrected chi connectivity index (χ3v) is 4.64. The van der Waals surface area contributed by atoms with Crippen molar-refractivity contribution in [1.82, 2.24) is 10.2 Å². The maximum absolute atomic E-state index is 12.0. The summed E-state index contributed by atoms with van der Waals surface area (Å²) in [5.74, 6) is -0.316. The van der Waals surface area contributed by atoms with Gasteiger partial charge in [-0.1, -0.05) is 44.7 Å². The van der Waals surface area contributed by atoms with Crippen LogP contribution in [0.3, 0.4) is 0 Å². The van der Waals surface area contributed by atoms with Crippen molar-refractivity contribution in [1.29, 1.82) is 0 Å². The van der Waals surface area contributed by atoms with Crippen LogP contribution in [0, 0.1) is 0 Å². The first-order valence-electron chi connectivity index (χ1n) is 9.55. The summed E-state index contributed by atoms with van der Waals surface area (Å²) in [6.45, 7) is 4.70. The number of nitrogens with zero attached hydrogens (tertiary/aromatic N) is 1. The number of amides is 1. The fourth-order valence-electron chi connectivity index (χ4n) is 3.16. The molecule has 0 aliphatic carbocycles. The van der Waals surface area contributed by atoms with Gasteiger partial charge in [0, 0.05) is 19.6 Å². The Morgan fingerprint density at radius 2 is 1.96 bits per heavy atom. The lowest BCUT2D eigenvalue weighted by Crippen LogP contribution is -2.55. The maximum Gasteiger partial charge on any atom is 0.305 e. The van der Waals surface area contributed by atoms with Crippen LogP contribution in [0.25, 0.3) is 0 Å². The molecule has 1 aliphatic rings. The van der Waals surface area contributed by atoms with E-state index in [0.717, 1.165) is 24.3 Å². The molecular weight excluding hydrogens is 332 g/mol. The summed E-state index contributed by atoms with van der Waals surface area (Å²) in [6, 6.07) is 7.24. The first kappa shape index (κ1) is 20.2. The number of carboxylic acids is 1. The number of carboxylic acid groups (broad SMARTS) is 1. The lowest BCUT2D eigenvalue weighted by Gasteiger charge is -2.34. The molecule has 1 heterocycles. The second kappa shape index (κ2) is 10.8. The molecule has 6 nitrogen and oxygen atoms in total. The number of aliphatic carboxylic acids is 1. The Labute approximate surface area is 155 Å². The molecule has 1 amide bonds. The predicted octanol–water partition coefficient (Wildman–Crippen LogP) is 2.81. The highest BCUT2D eigenvalue weighted by Gasteiger charge is 2.31. The summed E-state index contributed by atoms with van der Waals surface area (Å²) in [7, 11) is 0. The van der Waals surface area contributed by atoms with E-state index in [9.17, 15) is 9.59 Å². The van der Waals surface area contributed by atoms with E-state index < -0.39 is 12.0 Å². The van der Waals surface area contributed by atoms with Gasteiger partial charge in [-0.2, -0.15) is 0 Å². The summed E-state index contributed by atoms with van der Waals surface area (Å²) in [4.78, 5) is 24.9. The van der Waals surface area contributed by atoms with Gasteiger partial charge in [-0.15, -0.1) is 0 Å². The molecule has 1 atom stereocenters. The van der Waals surface area contributed by atoms with E-state index in [1.807, 2.05) is 29.2 Å².